The van der Waals surface area contributed by atoms with Crippen LogP contribution in [0.2, 0.25) is 0 Å². The Labute approximate surface area is 64.4 Å². The summed E-state index contributed by atoms with van der Waals surface area (Å²) >= 11 is 0. The van der Waals surface area contributed by atoms with Crippen LogP contribution in [0, 0.1) is 11.3 Å². The molecule has 58 valence electrons. The number of carbonyl (C=O) groups is 2. The van der Waals surface area contributed by atoms with Gasteiger partial charge in [0.25, 0.3) is 0 Å². The van der Waals surface area contributed by atoms with Crippen molar-refractivity contribution in [3.63, 3.8) is 0 Å². The van der Waals surface area contributed by atoms with Gasteiger partial charge in [-0.2, -0.15) is 5.26 Å². The van der Waals surface area contributed by atoms with Crippen molar-refractivity contribution in [3.05, 3.63) is 0 Å². The maximum atomic E-state index is 10.9. The molecule has 0 aromatic rings. The van der Waals surface area contributed by atoms with Crippen molar-refractivity contribution < 1.29 is 9.59 Å². The van der Waals surface area contributed by atoms with Crippen LogP contribution < -0.4 is 0 Å². The Morgan fingerprint density at radius 1 is 1.45 bits per heavy atom. The van der Waals surface area contributed by atoms with E-state index in [9.17, 15) is 9.59 Å². The van der Waals surface area contributed by atoms with Crippen LogP contribution in [-0.4, -0.2) is 22.8 Å². The second-order valence-corrected chi connectivity index (χ2v) is 2.46. The van der Waals surface area contributed by atoms with E-state index in [-0.39, 0.29) is 24.7 Å². The lowest BCUT2D eigenvalue weighted by atomic mass is 10.3. The molecule has 0 spiro atoms. The number of amides is 2. The lowest BCUT2D eigenvalue weighted by Crippen LogP contribution is -2.36. The molecule has 11 heavy (non-hydrogen) atoms. The van der Waals surface area contributed by atoms with Gasteiger partial charge in [0.15, 0.2) is 0 Å². The van der Waals surface area contributed by atoms with Crippen LogP contribution in [0.5, 0.6) is 0 Å². The Balaban J connectivity index is 2.78. The average Bonchev–Trinajstić information content (AvgIpc) is 2.30. The summed E-state index contributed by atoms with van der Waals surface area (Å²) in [4.78, 5) is 22.9. The predicted molar refractivity (Wildman–Crippen MR) is 36.2 cm³/mol. The molecule has 1 aliphatic heterocycles. The van der Waals surface area contributed by atoms with E-state index in [2.05, 4.69) is 0 Å². The van der Waals surface area contributed by atoms with Crippen LogP contribution in [-0.2, 0) is 9.59 Å². The van der Waals surface area contributed by atoms with E-state index in [1.165, 1.54) is 0 Å². The highest BCUT2D eigenvalue weighted by Crippen LogP contribution is 2.14. The van der Waals surface area contributed by atoms with Crippen molar-refractivity contribution in [2.45, 2.75) is 25.8 Å². The molecule has 2 amide bonds. The van der Waals surface area contributed by atoms with Crippen LogP contribution in [0.4, 0.5) is 0 Å². The van der Waals surface area contributed by atoms with Gasteiger partial charge in [-0.05, 0) is 6.92 Å². The van der Waals surface area contributed by atoms with Gasteiger partial charge in [0.2, 0.25) is 11.8 Å². The molecule has 1 atom stereocenters. The molecule has 1 saturated heterocycles. The van der Waals surface area contributed by atoms with Gasteiger partial charge in [0, 0.05) is 12.8 Å². The Bertz CT molecular complexity index is 225. The fourth-order valence-corrected chi connectivity index (χ4v) is 1.08. The summed E-state index contributed by atoms with van der Waals surface area (Å²) in [6.45, 7) is 1.54. The molecule has 0 N–H and O–H groups in total. The van der Waals surface area contributed by atoms with Crippen LogP contribution in [0.3, 0.4) is 0 Å². The van der Waals surface area contributed by atoms with E-state index < -0.39 is 6.04 Å². The number of nitriles is 1. The van der Waals surface area contributed by atoms with Crippen molar-refractivity contribution in [2.24, 2.45) is 0 Å². The maximum Gasteiger partial charge on any atom is 0.230 e. The number of hydrogen-bond donors (Lipinski definition) is 0. The van der Waals surface area contributed by atoms with Crippen molar-refractivity contribution in [2.75, 3.05) is 0 Å². The second-order valence-electron chi connectivity index (χ2n) is 2.46. The highest BCUT2D eigenvalue weighted by molar-refractivity contribution is 6.02. The van der Waals surface area contributed by atoms with Gasteiger partial charge in [-0.3, -0.25) is 14.5 Å². The molecule has 0 saturated carbocycles. The number of rotatable bonds is 1. The molecule has 0 aromatic heterocycles. The highest BCUT2D eigenvalue weighted by atomic mass is 16.2. The third-order valence-electron chi connectivity index (χ3n) is 1.66. The molecule has 1 rings (SSSR count). The van der Waals surface area contributed by atoms with Gasteiger partial charge < -0.3 is 0 Å². The van der Waals surface area contributed by atoms with Crippen molar-refractivity contribution in [1.82, 2.24) is 4.90 Å². The van der Waals surface area contributed by atoms with Crippen LogP contribution in [0.1, 0.15) is 19.8 Å². The smallest absolute Gasteiger partial charge is 0.230 e. The molecule has 1 aliphatic rings. The van der Waals surface area contributed by atoms with Gasteiger partial charge in [-0.1, -0.05) is 0 Å². The van der Waals surface area contributed by atoms with Crippen molar-refractivity contribution >= 4 is 11.8 Å². The zero-order chi connectivity index (χ0) is 8.43. The third kappa shape index (κ3) is 1.22. The summed E-state index contributed by atoms with van der Waals surface area (Å²) in [5.41, 5.74) is 0. The predicted octanol–water partition coefficient (Wildman–Crippen LogP) is 0.0475. The van der Waals surface area contributed by atoms with E-state index in [1.807, 2.05) is 6.07 Å². The molecule has 4 heteroatoms. The molecule has 0 aliphatic carbocycles. The Kier molecular flexibility index (Phi) is 1.90. The molecule has 0 bridgehead atoms. The highest BCUT2D eigenvalue weighted by Gasteiger charge is 2.32. The monoisotopic (exact) mass is 152 g/mol. The van der Waals surface area contributed by atoms with E-state index in [4.69, 9.17) is 5.26 Å². The first kappa shape index (κ1) is 7.73. The minimum absolute atomic E-state index is 0.232. The van der Waals surface area contributed by atoms with E-state index >= 15 is 0 Å². The van der Waals surface area contributed by atoms with E-state index in [0.29, 0.717) is 0 Å². The maximum absolute atomic E-state index is 10.9. The fourth-order valence-electron chi connectivity index (χ4n) is 1.08. The standard InChI is InChI=1S/C7H8N2O2/c1-5(4-8)9-6(10)2-3-7(9)11/h5H,2-3H2,1H3/t5-/m0/s1. The molecule has 0 aromatic carbocycles. The molecule has 4 nitrogen and oxygen atoms in total. The third-order valence-corrected chi connectivity index (χ3v) is 1.66. The van der Waals surface area contributed by atoms with E-state index in [0.717, 1.165) is 4.90 Å². The normalized spacial score (nSPS) is 20.2. The SMILES string of the molecule is C[C@@H](C#N)N1C(=O)CCC1=O. The largest absolute Gasteiger partial charge is 0.274 e. The summed E-state index contributed by atoms with van der Waals surface area (Å²) in [6.07, 6.45) is 0.510. The van der Waals surface area contributed by atoms with Crippen LogP contribution in [0.25, 0.3) is 0 Å². The quantitative estimate of drug-likeness (QED) is 0.498. The summed E-state index contributed by atoms with van der Waals surface area (Å²) in [7, 11) is 0. The number of carbonyl (C=O) groups excluding carboxylic acids is 2. The molecule has 1 fully saturated rings. The first-order valence-corrected chi connectivity index (χ1v) is 3.41. The zero-order valence-electron chi connectivity index (χ0n) is 6.20. The van der Waals surface area contributed by atoms with E-state index in [1.54, 1.807) is 6.92 Å². The summed E-state index contributed by atoms with van der Waals surface area (Å²) in [5, 5.41) is 8.43. The molecule has 0 radical (unpaired) electrons. The van der Waals surface area contributed by atoms with Gasteiger partial charge >= 0.3 is 0 Å². The molecule has 0 unspecified atom stereocenters. The summed E-state index contributed by atoms with van der Waals surface area (Å²) in [5.74, 6) is -0.465. The summed E-state index contributed by atoms with van der Waals surface area (Å²) in [6, 6.07) is 1.24. The number of likely N-dealkylation sites (tertiary alicyclic amines) is 1. The Hall–Kier alpha value is -1.37. The number of imide groups is 1. The fraction of sp³-hybridized carbons (Fsp3) is 0.571. The Morgan fingerprint density at radius 3 is 2.27 bits per heavy atom. The van der Waals surface area contributed by atoms with Crippen LogP contribution in [0.15, 0.2) is 0 Å². The van der Waals surface area contributed by atoms with Gasteiger partial charge in [-0.15, -0.1) is 0 Å². The first-order chi connectivity index (χ1) is 5.16. The average molecular weight is 152 g/mol. The molecular formula is C7H8N2O2. The van der Waals surface area contributed by atoms with Crippen molar-refractivity contribution in [1.29, 1.82) is 5.26 Å². The first-order valence-electron chi connectivity index (χ1n) is 3.41. The summed E-state index contributed by atoms with van der Waals surface area (Å²) < 4.78 is 0. The van der Waals surface area contributed by atoms with Crippen molar-refractivity contribution in [3.8, 4) is 6.07 Å². The minimum Gasteiger partial charge on any atom is -0.274 e. The van der Waals surface area contributed by atoms with Gasteiger partial charge in [0.05, 0.1) is 6.07 Å². The number of hydrogen-bond acceptors (Lipinski definition) is 3. The number of nitrogens with zero attached hydrogens (tertiary/aromatic N) is 2. The van der Waals surface area contributed by atoms with Gasteiger partial charge in [0.1, 0.15) is 6.04 Å². The molecular weight excluding hydrogens is 144 g/mol. The second kappa shape index (κ2) is 2.70. The lowest BCUT2D eigenvalue weighted by molar-refractivity contribution is -0.139. The van der Waals surface area contributed by atoms with Crippen LogP contribution >= 0.6 is 0 Å². The minimum atomic E-state index is -0.613. The zero-order valence-corrected chi connectivity index (χ0v) is 6.20. The lowest BCUT2D eigenvalue weighted by Gasteiger charge is -2.14. The Morgan fingerprint density at radius 2 is 1.91 bits per heavy atom. The molecule has 1 heterocycles. The van der Waals surface area contributed by atoms with Gasteiger partial charge in [-0.25, -0.2) is 0 Å². The topological polar surface area (TPSA) is 61.2 Å².